The van der Waals surface area contributed by atoms with Crippen LogP contribution in [-0.4, -0.2) is 25.0 Å². The number of methoxy groups -OCH3 is 1. The van der Waals surface area contributed by atoms with Gasteiger partial charge in [-0.05, 0) is 42.4 Å². The topological polar surface area (TPSA) is 54.9 Å². The predicted molar refractivity (Wildman–Crippen MR) is 106 cm³/mol. The Morgan fingerprint density at radius 3 is 2.72 bits per heavy atom. The zero-order valence-corrected chi connectivity index (χ0v) is 15.7. The number of rotatable bonds is 7. The molecule has 0 saturated carbocycles. The molecule has 0 radical (unpaired) electrons. The molecule has 2 rings (SSSR count). The SMILES string of the molecule is CCOc1cc(/C=N\NC(=S)NCc2ccccc2)cc(Cl)c1OC. The van der Waals surface area contributed by atoms with Crippen LogP contribution in [0, 0.1) is 0 Å². The van der Waals surface area contributed by atoms with Crippen LogP contribution in [0.4, 0.5) is 0 Å². The summed E-state index contributed by atoms with van der Waals surface area (Å²) in [4.78, 5) is 0. The molecule has 0 spiro atoms. The van der Waals surface area contributed by atoms with Crippen LogP contribution in [-0.2, 0) is 6.54 Å². The van der Waals surface area contributed by atoms with E-state index in [1.807, 2.05) is 37.3 Å². The maximum Gasteiger partial charge on any atom is 0.187 e. The van der Waals surface area contributed by atoms with E-state index in [1.165, 1.54) is 0 Å². The molecule has 0 atom stereocenters. The summed E-state index contributed by atoms with van der Waals surface area (Å²) in [6.07, 6.45) is 1.62. The van der Waals surface area contributed by atoms with Crippen molar-refractivity contribution in [2.24, 2.45) is 5.10 Å². The highest BCUT2D eigenvalue weighted by molar-refractivity contribution is 7.80. The van der Waals surface area contributed by atoms with Gasteiger partial charge in [-0.1, -0.05) is 41.9 Å². The number of nitrogens with one attached hydrogen (secondary N) is 2. The highest BCUT2D eigenvalue weighted by atomic mass is 35.5. The van der Waals surface area contributed by atoms with Gasteiger partial charge in [0.1, 0.15) is 0 Å². The fourth-order valence-corrected chi connectivity index (χ4v) is 2.53. The quantitative estimate of drug-likeness (QED) is 0.437. The molecule has 2 aromatic carbocycles. The molecule has 0 heterocycles. The molecular weight excluding hydrogens is 358 g/mol. The maximum atomic E-state index is 6.20. The first-order valence-corrected chi connectivity index (χ1v) is 8.53. The van der Waals surface area contributed by atoms with Crippen LogP contribution < -0.4 is 20.2 Å². The van der Waals surface area contributed by atoms with Crippen LogP contribution in [0.2, 0.25) is 5.02 Å². The molecule has 0 aliphatic carbocycles. The number of nitrogens with zero attached hydrogens (tertiary/aromatic N) is 1. The van der Waals surface area contributed by atoms with Crippen molar-refractivity contribution in [3.63, 3.8) is 0 Å². The lowest BCUT2D eigenvalue weighted by Crippen LogP contribution is -2.31. The lowest BCUT2D eigenvalue weighted by atomic mass is 10.2. The van der Waals surface area contributed by atoms with Crippen molar-refractivity contribution < 1.29 is 9.47 Å². The van der Waals surface area contributed by atoms with Gasteiger partial charge in [-0.3, -0.25) is 5.43 Å². The van der Waals surface area contributed by atoms with Gasteiger partial charge in [0.05, 0.1) is 25.0 Å². The number of thiocarbonyl (C=S) groups is 1. The van der Waals surface area contributed by atoms with Gasteiger partial charge in [-0.15, -0.1) is 0 Å². The van der Waals surface area contributed by atoms with E-state index in [9.17, 15) is 0 Å². The first-order chi connectivity index (χ1) is 12.1. The van der Waals surface area contributed by atoms with Crippen molar-refractivity contribution in [3.05, 3.63) is 58.6 Å². The van der Waals surface area contributed by atoms with E-state index in [0.717, 1.165) is 11.1 Å². The average molecular weight is 378 g/mol. The van der Waals surface area contributed by atoms with E-state index in [0.29, 0.717) is 34.8 Å². The van der Waals surface area contributed by atoms with Crippen molar-refractivity contribution in [3.8, 4) is 11.5 Å². The molecule has 0 aliphatic heterocycles. The molecule has 25 heavy (non-hydrogen) atoms. The Morgan fingerprint density at radius 1 is 1.28 bits per heavy atom. The Hall–Kier alpha value is -2.31. The summed E-state index contributed by atoms with van der Waals surface area (Å²) in [5.74, 6) is 1.08. The maximum absolute atomic E-state index is 6.20. The molecule has 0 bridgehead atoms. The van der Waals surface area contributed by atoms with Gasteiger partial charge < -0.3 is 14.8 Å². The third-order valence-corrected chi connectivity index (χ3v) is 3.73. The van der Waals surface area contributed by atoms with Crippen molar-refractivity contribution in [1.82, 2.24) is 10.7 Å². The van der Waals surface area contributed by atoms with E-state index in [-0.39, 0.29) is 0 Å². The van der Waals surface area contributed by atoms with Gasteiger partial charge in [0.2, 0.25) is 0 Å². The van der Waals surface area contributed by atoms with Gasteiger partial charge in [-0.25, -0.2) is 0 Å². The summed E-state index contributed by atoms with van der Waals surface area (Å²) in [6, 6.07) is 13.5. The monoisotopic (exact) mass is 377 g/mol. The van der Waals surface area contributed by atoms with Crippen molar-refractivity contribution >= 4 is 35.1 Å². The Bertz CT molecular complexity index is 739. The van der Waals surface area contributed by atoms with Crippen LogP contribution in [0.3, 0.4) is 0 Å². The van der Waals surface area contributed by atoms with Gasteiger partial charge in [0, 0.05) is 6.54 Å². The highest BCUT2D eigenvalue weighted by Gasteiger charge is 2.10. The Balaban J connectivity index is 1.93. The highest BCUT2D eigenvalue weighted by Crippen LogP contribution is 2.35. The van der Waals surface area contributed by atoms with E-state index >= 15 is 0 Å². The third-order valence-electron chi connectivity index (χ3n) is 3.21. The Morgan fingerprint density at radius 2 is 2.04 bits per heavy atom. The number of benzene rings is 2. The molecule has 0 aromatic heterocycles. The van der Waals surface area contributed by atoms with Gasteiger partial charge in [0.15, 0.2) is 16.6 Å². The second kappa shape index (κ2) is 9.86. The smallest absolute Gasteiger partial charge is 0.187 e. The summed E-state index contributed by atoms with van der Waals surface area (Å²) in [5, 5.41) is 8.09. The predicted octanol–water partition coefficient (Wildman–Crippen LogP) is 3.75. The standard InChI is InChI=1S/C18H20ClN3O2S/c1-3-24-16-10-14(9-15(19)17(16)23-2)12-21-22-18(25)20-11-13-7-5-4-6-8-13/h4-10,12H,3,11H2,1-2H3,(H2,20,22,25)/b21-12-. The molecule has 0 amide bonds. The van der Waals surface area contributed by atoms with Crippen molar-refractivity contribution in [2.45, 2.75) is 13.5 Å². The molecule has 0 saturated heterocycles. The fraction of sp³-hybridized carbons (Fsp3) is 0.222. The number of hydrogen-bond acceptors (Lipinski definition) is 4. The van der Waals surface area contributed by atoms with E-state index in [4.69, 9.17) is 33.3 Å². The summed E-state index contributed by atoms with van der Waals surface area (Å²) < 4.78 is 10.8. The Labute approximate surface area is 158 Å². The molecule has 0 fully saturated rings. The lowest BCUT2D eigenvalue weighted by Gasteiger charge is -2.11. The average Bonchev–Trinajstić information content (AvgIpc) is 2.61. The van der Waals surface area contributed by atoms with E-state index in [2.05, 4.69) is 15.8 Å². The molecular formula is C18H20ClN3O2S. The minimum absolute atomic E-state index is 0.435. The van der Waals surface area contributed by atoms with E-state index < -0.39 is 0 Å². The summed E-state index contributed by atoms with van der Waals surface area (Å²) in [5.41, 5.74) is 4.68. The van der Waals surface area contributed by atoms with Crippen molar-refractivity contribution in [2.75, 3.05) is 13.7 Å². The lowest BCUT2D eigenvalue weighted by molar-refractivity contribution is 0.311. The first kappa shape index (κ1) is 19.0. The number of hydrazone groups is 1. The van der Waals surface area contributed by atoms with Gasteiger partial charge in [-0.2, -0.15) is 5.10 Å². The number of halogens is 1. The zero-order chi connectivity index (χ0) is 18.1. The van der Waals surface area contributed by atoms with Gasteiger partial charge in [0.25, 0.3) is 0 Å². The second-order valence-corrected chi connectivity index (χ2v) is 5.82. The number of ether oxygens (including phenoxy) is 2. The minimum atomic E-state index is 0.435. The third kappa shape index (κ3) is 5.92. The fourth-order valence-electron chi connectivity index (χ4n) is 2.11. The second-order valence-electron chi connectivity index (χ2n) is 5.01. The van der Waals surface area contributed by atoms with Crippen LogP contribution in [0.1, 0.15) is 18.1 Å². The molecule has 0 unspecified atom stereocenters. The van der Waals surface area contributed by atoms with Crippen molar-refractivity contribution in [1.29, 1.82) is 0 Å². The van der Waals surface area contributed by atoms with Crippen LogP contribution in [0.5, 0.6) is 11.5 Å². The molecule has 7 heteroatoms. The molecule has 132 valence electrons. The number of hydrogen-bond donors (Lipinski definition) is 2. The summed E-state index contributed by atoms with van der Waals surface area (Å²) in [7, 11) is 1.55. The largest absolute Gasteiger partial charge is 0.491 e. The molecule has 2 aromatic rings. The Kier molecular flexibility index (Phi) is 7.50. The van der Waals surface area contributed by atoms with Crippen LogP contribution in [0.25, 0.3) is 0 Å². The normalized spacial score (nSPS) is 10.5. The van der Waals surface area contributed by atoms with Crippen LogP contribution in [0.15, 0.2) is 47.6 Å². The minimum Gasteiger partial charge on any atom is -0.491 e. The van der Waals surface area contributed by atoms with E-state index in [1.54, 1.807) is 25.5 Å². The van der Waals surface area contributed by atoms with Gasteiger partial charge >= 0.3 is 0 Å². The molecule has 5 nitrogen and oxygen atoms in total. The molecule has 0 aliphatic rings. The molecule has 2 N–H and O–H groups in total. The summed E-state index contributed by atoms with van der Waals surface area (Å²) in [6.45, 7) is 3.04. The summed E-state index contributed by atoms with van der Waals surface area (Å²) >= 11 is 11.4. The first-order valence-electron chi connectivity index (χ1n) is 7.75. The van der Waals surface area contributed by atoms with Crippen LogP contribution >= 0.6 is 23.8 Å². The zero-order valence-electron chi connectivity index (χ0n) is 14.1.